The maximum absolute atomic E-state index is 13.1. The molecule has 0 spiro atoms. The second kappa shape index (κ2) is 19.2. The first-order valence-electron chi connectivity index (χ1n) is 15.9. The van der Waals surface area contributed by atoms with Crippen LogP contribution in [0.1, 0.15) is 65.4 Å². The van der Waals surface area contributed by atoms with Crippen LogP contribution in [-0.4, -0.2) is 95.0 Å². The summed E-state index contributed by atoms with van der Waals surface area (Å²) in [6, 6.07) is 3.32. The van der Waals surface area contributed by atoms with Crippen molar-refractivity contribution in [3.8, 4) is 0 Å². The Balaban J connectivity index is 2.04. The summed E-state index contributed by atoms with van der Waals surface area (Å²) in [6.07, 6.45) is 0.989. The first kappa shape index (κ1) is 38.7. The van der Waals surface area contributed by atoms with Gasteiger partial charge in [-0.2, -0.15) is 0 Å². The fourth-order valence-corrected chi connectivity index (χ4v) is 5.10. The van der Waals surface area contributed by atoms with Crippen molar-refractivity contribution in [3.05, 3.63) is 35.9 Å². The highest BCUT2D eigenvalue weighted by molar-refractivity contribution is 5.96. The Hall–Kier alpha value is -4.53. The van der Waals surface area contributed by atoms with Crippen LogP contribution < -0.4 is 31.9 Å². The van der Waals surface area contributed by atoms with E-state index in [1.54, 1.807) is 44.2 Å². The van der Waals surface area contributed by atoms with Crippen LogP contribution in [0.15, 0.2) is 30.3 Å². The molecule has 1 aliphatic rings. The third kappa shape index (κ3) is 14.2. The molecule has 5 atom stereocenters. The van der Waals surface area contributed by atoms with Crippen molar-refractivity contribution < 1.29 is 43.8 Å². The van der Waals surface area contributed by atoms with Gasteiger partial charge in [0.1, 0.15) is 24.2 Å². The molecule has 5 amide bonds. The second-order valence-electron chi connectivity index (χ2n) is 12.6. The molecule has 0 radical (unpaired) electrons. The van der Waals surface area contributed by atoms with Crippen molar-refractivity contribution in [1.82, 2.24) is 31.9 Å². The molecule has 0 unspecified atom stereocenters. The van der Waals surface area contributed by atoms with Gasteiger partial charge in [0.25, 0.3) is 0 Å². The van der Waals surface area contributed by atoms with Gasteiger partial charge >= 0.3 is 11.9 Å². The summed E-state index contributed by atoms with van der Waals surface area (Å²) in [4.78, 5) is 88.1. The molecule has 15 heteroatoms. The monoisotopic (exact) mass is 660 g/mol. The summed E-state index contributed by atoms with van der Waals surface area (Å²) in [5.74, 6) is -6.20. The summed E-state index contributed by atoms with van der Waals surface area (Å²) in [5, 5.41) is 34.4. The van der Waals surface area contributed by atoms with Gasteiger partial charge in [-0.25, -0.2) is 4.79 Å². The van der Waals surface area contributed by atoms with Crippen molar-refractivity contribution in [1.29, 1.82) is 0 Å². The summed E-state index contributed by atoms with van der Waals surface area (Å²) in [6.45, 7) is 7.34. The Bertz CT molecular complexity index is 1250. The number of hydrogen-bond donors (Lipinski definition) is 8. The minimum absolute atomic E-state index is 0.0394. The lowest BCUT2D eigenvalue weighted by Gasteiger charge is -2.25. The molecular formula is C32H48N6O9. The molecule has 0 aliphatic carbocycles. The topological polar surface area (TPSA) is 232 Å². The van der Waals surface area contributed by atoms with E-state index in [9.17, 15) is 43.8 Å². The fourth-order valence-electron chi connectivity index (χ4n) is 5.10. The Morgan fingerprint density at radius 1 is 0.766 bits per heavy atom. The number of benzene rings is 1. The van der Waals surface area contributed by atoms with Gasteiger partial charge in [-0.3, -0.25) is 28.8 Å². The van der Waals surface area contributed by atoms with E-state index in [0.29, 0.717) is 18.5 Å². The zero-order chi connectivity index (χ0) is 35.1. The number of carbonyl (C=O) groups excluding carboxylic acids is 5. The predicted octanol–water partition coefficient (Wildman–Crippen LogP) is -0.312. The molecule has 1 fully saturated rings. The minimum atomic E-state index is -1.43. The number of carbonyl (C=O) groups is 7. The lowest BCUT2D eigenvalue weighted by atomic mass is 10.0. The van der Waals surface area contributed by atoms with E-state index in [0.717, 1.165) is 6.42 Å². The normalized spacial score (nSPS) is 16.8. The summed E-state index contributed by atoms with van der Waals surface area (Å²) >= 11 is 0. The Morgan fingerprint density at radius 2 is 1.34 bits per heavy atom. The number of aliphatic carboxylic acids is 2. The second-order valence-corrected chi connectivity index (χ2v) is 12.6. The van der Waals surface area contributed by atoms with Gasteiger partial charge in [0, 0.05) is 6.42 Å². The number of nitrogens with one attached hydrogen (secondary N) is 6. The van der Waals surface area contributed by atoms with Crippen LogP contribution >= 0.6 is 0 Å². The van der Waals surface area contributed by atoms with Crippen LogP contribution in [0.25, 0.3) is 0 Å². The van der Waals surface area contributed by atoms with E-state index in [1.807, 2.05) is 13.8 Å². The number of amides is 5. The van der Waals surface area contributed by atoms with Crippen LogP contribution in [-0.2, 0) is 40.0 Å². The summed E-state index contributed by atoms with van der Waals surface area (Å²) in [7, 11) is 0. The van der Waals surface area contributed by atoms with Gasteiger partial charge in [-0.05, 0) is 49.6 Å². The lowest BCUT2D eigenvalue weighted by molar-refractivity contribution is -0.142. The molecule has 260 valence electrons. The molecule has 1 aromatic carbocycles. The van der Waals surface area contributed by atoms with Crippen molar-refractivity contribution in [2.75, 3.05) is 13.1 Å². The van der Waals surface area contributed by atoms with Gasteiger partial charge in [-0.15, -0.1) is 0 Å². The molecule has 2 rings (SSSR count). The van der Waals surface area contributed by atoms with Gasteiger partial charge in [0.2, 0.25) is 29.5 Å². The van der Waals surface area contributed by atoms with Gasteiger partial charge in [0.05, 0.1) is 19.0 Å². The van der Waals surface area contributed by atoms with Crippen molar-refractivity contribution >= 4 is 41.5 Å². The molecule has 1 heterocycles. The van der Waals surface area contributed by atoms with E-state index in [2.05, 4.69) is 31.9 Å². The molecule has 47 heavy (non-hydrogen) atoms. The van der Waals surface area contributed by atoms with E-state index in [1.165, 1.54) is 0 Å². The number of carboxylic acids is 2. The summed E-state index contributed by atoms with van der Waals surface area (Å²) < 4.78 is 0. The van der Waals surface area contributed by atoms with E-state index >= 15 is 0 Å². The Morgan fingerprint density at radius 3 is 1.87 bits per heavy atom. The smallest absolute Gasteiger partial charge is 0.326 e. The average Bonchev–Trinajstić information content (AvgIpc) is 3.54. The maximum Gasteiger partial charge on any atom is 0.326 e. The van der Waals surface area contributed by atoms with Crippen molar-refractivity contribution in [3.63, 3.8) is 0 Å². The van der Waals surface area contributed by atoms with E-state index in [-0.39, 0.29) is 31.1 Å². The largest absolute Gasteiger partial charge is 0.481 e. The minimum Gasteiger partial charge on any atom is -0.481 e. The third-order valence-electron chi connectivity index (χ3n) is 7.41. The standard InChI is InChI=1S/C32H48N6O9/c1-18(2)13-22(36-31(45)24(16-27(40)41)37-29(43)21-11-8-12-33-21)28(42)34-17-26(39)35-23(14-19(3)4)30(44)38-25(32(46)47)15-20-9-6-5-7-10-20/h5-7,9-10,18-19,21-25,33H,8,11-17H2,1-4H3,(H,34,42)(H,35,39)(H,36,45)(H,37,43)(H,38,44)(H,40,41)(H,46,47)/t21-,22-,23-,24-,25-/m0/s1. The highest BCUT2D eigenvalue weighted by atomic mass is 16.4. The average molecular weight is 661 g/mol. The molecule has 0 aromatic heterocycles. The quantitative estimate of drug-likeness (QED) is 0.0964. The lowest BCUT2D eigenvalue weighted by Crippen LogP contribution is -2.57. The molecule has 8 N–H and O–H groups in total. The van der Waals surface area contributed by atoms with Crippen molar-refractivity contribution in [2.45, 2.75) is 96.4 Å². The zero-order valence-electron chi connectivity index (χ0n) is 27.3. The maximum atomic E-state index is 13.1. The number of hydrogen-bond acceptors (Lipinski definition) is 8. The number of carboxylic acid groups (broad SMARTS) is 2. The van der Waals surface area contributed by atoms with Crippen LogP contribution in [0.2, 0.25) is 0 Å². The van der Waals surface area contributed by atoms with E-state index < -0.39 is 84.6 Å². The molecule has 15 nitrogen and oxygen atoms in total. The zero-order valence-corrected chi connectivity index (χ0v) is 27.3. The first-order chi connectivity index (χ1) is 22.2. The first-order valence-corrected chi connectivity index (χ1v) is 15.9. The molecule has 1 saturated heterocycles. The Labute approximate surface area is 274 Å². The van der Waals surface area contributed by atoms with Gasteiger partial charge < -0.3 is 42.1 Å². The van der Waals surface area contributed by atoms with Crippen LogP contribution in [0.3, 0.4) is 0 Å². The Kier molecular flexibility index (Phi) is 15.8. The predicted molar refractivity (Wildman–Crippen MR) is 171 cm³/mol. The molecule has 0 bridgehead atoms. The molecule has 0 saturated carbocycles. The van der Waals surface area contributed by atoms with Crippen LogP contribution in [0.4, 0.5) is 0 Å². The molecular weight excluding hydrogens is 612 g/mol. The fraction of sp³-hybridized carbons (Fsp3) is 0.594. The van der Waals surface area contributed by atoms with E-state index in [4.69, 9.17) is 0 Å². The van der Waals surface area contributed by atoms with Crippen LogP contribution in [0.5, 0.6) is 0 Å². The molecule has 1 aromatic rings. The van der Waals surface area contributed by atoms with Gasteiger partial charge in [0.15, 0.2) is 0 Å². The number of rotatable bonds is 19. The third-order valence-corrected chi connectivity index (χ3v) is 7.41. The highest BCUT2D eigenvalue weighted by Gasteiger charge is 2.32. The SMILES string of the molecule is CC(C)C[C@H](NC(=O)CNC(=O)[C@H](CC(C)C)NC(=O)[C@H](CC(=O)O)NC(=O)[C@@H]1CCCN1)C(=O)N[C@@H](Cc1ccccc1)C(=O)O. The highest BCUT2D eigenvalue weighted by Crippen LogP contribution is 2.10. The summed E-state index contributed by atoms with van der Waals surface area (Å²) in [5.41, 5.74) is 0.706. The van der Waals surface area contributed by atoms with Gasteiger partial charge in [-0.1, -0.05) is 58.0 Å². The van der Waals surface area contributed by atoms with Crippen LogP contribution in [0, 0.1) is 11.8 Å². The van der Waals surface area contributed by atoms with Crippen molar-refractivity contribution in [2.24, 2.45) is 11.8 Å². The molecule has 1 aliphatic heterocycles.